The maximum absolute atomic E-state index is 10.2. The van der Waals surface area contributed by atoms with Crippen LogP contribution < -0.4 is 0 Å². The molecule has 4 heteroatoms. The van der Waals surface area contributed by atoms with Crippen LogP contribution in [0.25, 0.3) is 0 Å². The highest BCUT2D eigenvalue weighted by atomic mass is 35.5. The summed E-state index contributed by atoms with van der Waals surface area (Å²) in [7, 11) is 0. The molecule has 0 saturated carbocycles. The second kappa shape index (κ2) is 6.43. The highest BCUT2D eigenvalue weighted by Gasteiger charge is 2.07. The molecule has 0 aliphatic carbocycles. The van der Waals surface area contributed by atoms with Crippen LogP contribution in [-0.2, 0) is 9.47 Å². The van der Waals surface area contributed by atoms with Gasteiger partial charge >= 0.3 is 5.43 Å². The van der Waals surface area contributed by atoms with Crippen LogP contribution in [0.4, 0.5) is 4.79 Å². The van der Waals surface area contributed by atoms with Gasteiger partial charge in [0.15, 0.2) is 0 Å². The van der Waals surface area contributed by atoms with Crippen molar-refractivity contribution in [2.24, 2.45) is 0 Å². The lowest BCUT2D eigenvalue weighted by atomic mass is 10.3. The maximum atomic E-state index is 10.2. The molecule has 1 atom stereocenters. The Morgan fingerprint density at radius 1 is 1.55 bits per heavy atom. The number of carbonyl (C=O) groups excluding carboxylic acids is 1. The van der Waals surface area contributed by atoms with E-state index in [-0.39, 0.29) is 12.7 Å². The first kappa shape index (κ1) is 10.7. The molecule has 0 rings (SSSR count). The van der Waals surface area contributed by atoms with Crippen LogP contribution in [0, 0.1) is 0 Å². The van der Waals surface area contributed by atoms with Crippen LogP contribution in [0.2, 0.25) is 0 Å². The summed E-state index contributed by atoms with van der Waals surface area (Å²) in [6.45, 7) is 4.72. The Labute approximate surface area is 71.6 Å². The van der Waals surface area contributed by atoms with Crippen molar-refractivity contribution in [1.29, 1.82) is 0 Å². The van der Waals surface area contributed by atoms with Gasteiger partial charge in [0.1, 0.15) is 6.61 Å². The molecule has 0 aliphatic rings. The van der Waals surface area contributed by atoms with E-state index in [1.807, 2.05) is 13.8 Å². The standard InChI is InChI=1S/C7H13ClO3/c1-3-6(10-4-2)5-11-7(8)9/h6H,3-5H2,1-2H3. The van der Waals surface area contributed by atoms with E-state index in [0.717, 1.165) is 6.42 Å². The van der Waals surface area contributed by atoms with Crippen molar-refractivity contribution in [2.45, 2.75) is 26.4 Å². The predicted octanol–water partition coefficient (Wildman–Crippen LogP) is 2.18. The molecule has 0 heterocycles. The predicted molar refractivity (Wildman–Crippen MR) is 42.9 cm³/mol. The Kier molecular flexibility index (Phi) is 6.27. The van der Waals surface area contributed by atoms with E-state index in [4.69, 9.17) is 16.3 Å². The largest absolute Gasteiger partial charge is 0.451 e. The molecule has 0 spiro atoms. The Balaban J connectivity index is 3.43. The first-order chi connectivity index (χ1) is 5.20. The highest BCUT2D eigenvalue weighted by Crippen LogP contribution is 1.99. The first-order valence-electron chi connectivity index (χ1n) is 3.64. The third kappa shape index (κ3) is 6.13. The minimum Gasteiger partial charge on any atom is -0.451 e. The maximum Gasteiger partial charge on any atom is 0.403 e. The Morgan fingerprint density at radius 2 is 2.18 bits per heavy atom. The van der Waals surface area contributed by atoms with Gasteiger partial charge < -0.3 is 9.47 Å². The van der Waals surface area contributed by atoms with E-state index in [1.165, 1.54) is 0 Å². The van der Waals surface area contributed by atoms with Crippen molar-refractivity contribution < 1.29 is 14.3 Å². The Hall–Kier alpha value is -0.280. The highest BCUT2D eigenvalue weighted by molar-refractivity contribution is 6.61. The van der Waals surface area contributed by atoms with E-state index in [9.17, 15) is 4.79 Å². The van der Waals surface area contributed by atoms with Gasteiger partial charge in [0.05, 0.1) is 6.10 Å². The summed E-state index contributed by atoms with van der Waals surface area (Å²) in [4.78, 5) is 10.2. The van der Waals surface area contributed by atoms with Crippen molar-refractivity contribution in [2.75, 3.05) is 13.2 Å². The second-order valence-electron chi connectivity index (χ2n) is 2.03. The lowest BCUT2D eigenvalue weighted by Gasteiger charge is -2.13. The van der Waals surface area contributed by atoms with Crippen LogP contribution in [0.15, 0.2) is 0 Å². The van der Waals surface area contributed by atoms with Gasteiger partial charge in [0.2, 0.25) is 0 Å². The molecule has 0 aromatic carbocycles. The van der Waals surface area contributed by atoms with E-state index in [0.29, 0.717) is 6.61 Å². The topological polar surface area (TPSA) is 35.5 Å². The van der Waals surface area contributed by atoms with Gasteiger partial charge in [-0.25, -0.2) is 4.79 Å². The van der Waals surface area contributed by atoms with E-state index in [1.54, 1.807) is 0 Å². The zero-order valence-corrected chi connectivity index (χ0v) is 7.56. The van der Waals surface area contributed by atoms with E-state index >= 15 is 0 Å². The van der Waals surface area contributed by atoms with Gasteiger partial charge in [0.25, 0.3) is 0 Å². The normalized spacial score (nSPS) is 12.6. The first-order valence-corrected chi connectivity index (χ1v) is 4.02. The number of rotatable bonds is 5. The van der Waals surface area contributed by atoms with Crippen LogP contribution in [-0.4, -0.2) is 24.7 Å². The number of carbonyl (C=O) groups is 1. The molecule has 0 aliphatic heterocycles. The zero-order chi connectivity index (χ0) is 8.69. The minimum atomic E-state index is -0.775. The third-order valence-corrected chi connectivity index (χ3v) is 1.35. The fourth-order valence-electron chi connectivity index (χ4n) is 0.678. The summed E-state index contributed by atoms with van der Waals surface area (Å²) in [5, 5.41) is 0. The average Bonchev–Trinajstić information content (AvgIpc) is 1.97. The van der Waals surface area contributed by atoms with Crippen LogP contribution in [0.5, 0.6) is 0 Å². The number of ether oxygens (including phenoxy) is 2. The molecular weight excluding hydrogens is 168 g/mol. The second-order valence-corrected chi connectivity index (χ2v) is 2.34. The van der Waals surface area contributed by atoms with E-state index in [2.05, 4.69) is 4.74 Å². The monoisotopic (exact) mass is 180 g/mol. The van der Waals surface area contributed by atoms with Crippen LogP contribution >= 0.6 is 11.6 Å². The van der Waals surface area contributed by atoms with Gasteiger partial charge in [0, 0.05) is 18.2 Å². The molecule has 0 saturated heterocycles. The minimum absolute atomic E-state index is 0.0253. The lowest BCUT2D eigenvalue weighted by molar-refractivity contribution is 0.0147. The molecule has 1 unspecified atom stereocenters. The van der Waals surface area contributed by atoms with Gasteiger partial charge in [-0.1, -0.05) is 6.92 Å². The van der Waals surface area contributed by atoms with Gasteiger partial charge in [-0.15, -0.1) is 0 Å². The molecular formula is C7H13ClO3. The van der Waals surface area contributed by atoms with Crippen molar-refractivity contribution in [3.8, 4) is 0 Å². The number of halogens is 1. The third-order valence-electron chi connectivity index (χ3n) is 1.24. The molecule has 0 aromatic rings. The summed E-state index contributed by atoms with van der Waals surface area (Å²) in [6, 6.07) is 0. The fraction of sp³-hybridized carbons (Fsp3) is 0.857. The fourth-order valence-corrected chi connectivity index (χ4v) is 0.741. The van der Waals surface area contributed by atoms with Crippen molar-refractivity contribution in [3.63, 3.8) is 0 Å². The van der Waals surface area contributed by atoms with Crippen molar-refractivity contribution >= 4 is 17.0 Å². The summed E-state index contributed by atoms with van der Waals surface area (Å²) in [6.07, 6.45) is 0.792. The van der Waals surface area contributed by atoms with Gasteiger partial charge in [-0.3, -0.25) is 0 Å². The average molecular weight is 181 g/mol. The van der Waals surface area contributed by atoms with Gasteiger partial charge in [-0.05, 0) is 13.3 Å². The number of hydrogen-bond acceptors (Lipinski definition) is 3. The molecule has 11 heavy (non-hydrogen) atoms. The molecule has 3 nitrogen and oxygen atoms in total. The molecule has 0 N–H and O–H groups in total. The molecule has 0 bridgehead atoms. The molecule has 0 fully saturated rings. The summed E-state index contributed by atoms with van der Waals surface area (Å²) in [5.74, 6) is 0. The smallest absolute Gasteiger partial charge is 0.403 e. The molecule has 0 aromatic heterocycles. The SMILES string of the molecule is CCOC(CC)COC(=O)Cl. The Morgan fingerprint density at radius 3 is 2.55 bits per heavy atom. The zero-order valence-electron chi connectivity index (χ0n) is 6.80. The lowest BCUT2D eigenvalue weighted by Crippen LogP contribution is -2.19. The number of hydrogen-bond donors (Lipinski definition) is 0. The van der Waals surface area contributed by atoms with E-state index < -0.39 is 5.43 Å². The molecule has 0 amide bonds. The molecule has 0 radical (unpaired) electrons. The van der Waals surface area contributed by atoms with Crippen LogP contribution in [0.3, 0.4) is 0 Å². The molecule has 66 valence electrons. The van der Waals surface area contributed by atoms with Crippen LogP contribution in [0.1, 0.15) is 20.3 Å². The summed E-state index contributed by atoms with van der Waals surface area (Å²) >= 11 is 4.96. The van der Waals surface area contributed by atoms with Gasteiger partial charge in [-0.2, -0.15) is 0 Å². The quantitative estimate of drug-likeness (QED) is 0.609. The van der Waals surface area contributed by atoms with Crippen molar-refractivity contribution in [1.82, 2.24) is 0 Å². The Bertz CT molecular complexity index is 116. The summed E-state index contributed by atoms with van der Waals surface area (Å²) in [5.41, 5.74) is -0.775. The van der Waals surface area contributed by atoms with Crippen molar-refractivity contribution in [3.05, 3.63) is 0 Å². The summed E-state index contributed by atoms with van der Waals surface area (Å²) < 4.78 is 9.75.